The largest absolute Gasteiger partial charge is 0.469 e. The van der Waals surface area contributed by atoms with Crippen LogP contribution in [0.25, 0.3) is 0 Å². The van der Waals surface area contributed by atoms with Gasteiger partial charge < -0.3 is 9.84 Å². The summed E-state index contributed by atoms with van der Waals surface area (Å²) < 4.78 is 5.03. The number of esters is 1. The molecule has 2 fully saturated rings. The van der Waals surface area contributed by atoms with Crippen LogP contribution >= 0.6 is 0 Å². The van der Waals surface area contributed by atoms with Crippen LogP contribution in [0.2, 0.25) is 0 Å². The van der Waals surface area contributed by atoms with Crippen molar-refractivity contribution in [3.05, 3.63) is 35.9 Å². The first-order chi connectivity index (χ1) is 9.63. The first kappa shape index (κ1) is 13.6. The fourth-order valence-corrected chi connectivity index (χ4v) is 3.99. The Kier molecular flexibility index (Phi) is 3.52. The molecule has 2 saturated heterocycles. The molecule has 1 aromatic rings. The summed E-state index contributed by atoms with van der Waals surface area (Å²) in [5, 5.41) is 10.2. The second-order valence-electron chi connectivity index (χ2n) is 5.91. The molecule has 20 heavy (non-hydrogen) atoms. The number of piperidine rings is 1. The number of benzene rings is 1. The average Bonchev–Trinajstić information content (AvgIpc) is 2.66. The van der Waals surface area contributed by atoms with Crippen LogP contribution in [0, 0.1) is 5.92 Å². The lowest BCUT2D eigenvalue weighted by molar-refractivity contribution is -0.150. The monoisotopic (exact) mass is 275 g/mol. The fraction of sp³-hybridized carbons (Fsp3) is 0.562. The number of aliphatic hydroxyl groups excluding tert-OH is 1. The molecule has 0 saturated carbocycles. The van der Waals surface area contributed by atoms with Gasteiger partial charge in [-0.25, -0.2) is 0 Å². The van der Waals surface area contributed by atoms with Gasteiger partial charge in [-0.05, 0) is 25.5 Å². The van der Waals surface area contributed by atoms with Crippen LogP contribution in [0.15, 0.2) is 30.3 Å². The molecular formula is C16H21NO3. The first-order valence-electron chi connectivity index (χ1n) is 7.16. The molecule has 5 atom stereocenters. The van der Waals surface area contributed by atoms with Crippen molar-refractivity contribution in [2.24, 2.45) is 5.92 Å². The van der Waals surface area contributed by atoms with E-state index in [2.05, 4.69) is 17.0 Å². The van der Waals surface area contributed by atoms with Gasteiger partial charge in [0.25, 0.3) is 0 Å². The number of hydrogen-bond donors (Lipinski definition) is 1. The van der Waals surface area contributed by atoms with Crippen molar-refractivity contribution in [2.75, 3.05) is 14.2 Å². The predicted molar refractivity (Wildman–Crippen MR) is 75.3 cm³/mol. The molecule has 0 aromatic heterocycles. The van der Waals surface area contributed by atoms with Gasteiger partial charge in [-0.1, -0.05) is 30.3 Å². The zero-order valence-electron chi connectivity index (χ0n) is 11.9. The van der Waals surface area contributed by atoms with Crippen LogP contribution in [0.5, 0.6) is 0 Å². The van der Waals surface area contributed by atoms with E-state index in [-0.39, 0.29) is 36.0 Å². The van der Waals surface area contributed by atoms with Crippen molar-refractivity contribution in [2.45, 2.75) is 36.9 Å². The number of carbonyl (C=O) groups excluding carboxylic acids is 1. The highest BCUT2D eigenvalue weighted by atomic mass is 16.5. The van der Waals surface area contributed by atoms with Crippen LogP contribution in [0.1, 0.15) is 24.3 Å². The maximum Gasteiger partial charge on any atom is 0.310 e. The highest BCUT2D eigenvalue weighted by Crippen LogP contribution is 2.46. The third-order valence-electron chi connectivity index (χ3n) is 5.02. The zero-order valence-corrected chi connectivity index (χ0v) is 11.9. The van der Waals surface area contributed by atoms with Crippen LogP contribution < -0.4 is 0 Å². The van der Waals surface area contributed by atoms with Crippen molar-refractivity contribution >= 4 is 5.97 Å². The lowest BCUT2D eigenvalue weighted by Crippen LogP contribution is -2.49. The number of fused-ring (bicyclic) bond motifs is 2. The Balaban J connectivity index is 1.98. The molecule has 0 unspecified atom stereocenters. The summed E-state index contributed by atoms with van der Waals surface area (Å²) in [6, 6.07) is 10.3. The zero-order chi connectivity index (χ0) is 14.3. The van der Waals surface area contributed by atoms with Crippen molar-refractivity contribution in [3.63, 3.8) is 0 Å². The Morgan fingerprint density at radius 3 is 2.60 bits per heavy atom. The van der Waals surface area contributed by atoms with E-state index in [1.807, 2.05) is 25.2 Å². The first-order valence-corrected chi connectivity index (χ1v) is 7.16. The van der Waals surface area contributed by atoms with E-state index in [1.165, 1.54) is 12.7 Å². The van der Waals surface area contributed by atoms with Gasteiger partial charge in [0.1, 0.15) is 0 Å². The SMILES string of the molecule is COC(=O)[C@H]1[C@@H](c2ccccc2)C[C@@H]2[C@@H](O)C[C@H]1N2C. The molecule has 0 radical (unpaired) electrons. The van der Waals surface area contributed by atoms with E-state index < -0.39 is 0 Å². The highest BCUT2D eigenvalue weighted by molar-refractivity contribution is 5.75. The van der Waals surface area contributed by atoms with Crippen LogP contribution in [0.3, 0.4) is 0 Å². The number of aliphatic hydroxyl groups is 1. The molecule has 4 nitrogen and oxygen atoms in total. The number of hydrogen-bond acceptors (Lipinski definition) is 4. The van der Waals surface area contributed by atoms with Crippen LogP contribution in [0.4, 0.5) is 0 Å². The molecule has 3 rings (SSSR count). The summed E-state index contributed by atoms with van der Waals surface area (Å²) >= 11 is 0. The van der Waals surface area contributed by atoms with E-state index in [0.717, 1.165) is 6.42 Å². The maximum absolute atomic E-state index is 12.3. The van der Waals surface area contributed by atoms with Gasteiger partial charge in [-0.3, -0.25) is 9.69 Å². The molecule has 2 heterocycles. The minimum atomic E-state index is -0.342. The molecule has 2 aliphatic rings. The van der Waals surface area contributed by atoms with Crippen molar-refractivity contribution in [1.82, 2.24) is 4.90 Å². The number of nitrogens with zero attached hydrogens (tertiary/aromatic N) is 1. The minimum Gasteiger partial charge on any atom is -0.469 e. The molecule has 1 aromatic carbocycles. The standard InChI is InChI=1S/C16H21NO3/c1-17-12-8-11(10-6-4-3-5-7-10)15(16(19)20-2)13(17)9-14(12)18/h3-7,11-15,18H,8-9H2,1-2H3/t11-,12-,13-,14+,15+/m1/s1. The van der Waals surface area contributed by atoms with Gasteiger partial charge in [-0.2, -0.15) is 0 Å². The Labute approximate surface area is 119 Å². The quantitative estimate of drug-likeness (QED) is 0.829. The number of carbonyl (C=O) groups is 1. The van der Waals surface area contributed by atoms with E-state index in [1.54, 1.807) is 0 Å². The van der Waals surface area contributed by atoms with E-state index in [9.17, 15) is 9.90 Å². The van der Waals surface area contributed by atoms with E-state index in [0.29, 0.717) is 6.42 Å². The third kappa shape index (κ3) is 2.03. The van der Waals surface area contributed by atoms with Crippen molar-refractivity contribution in [1.29, 1.82) is 0 Å². The topological polar surface area (TPSA) is 49.8 Å². The maximum atomic E-state index is 12.3. The molecule has 1 N–H and O–H groups in total. The van der Waals surface area contributed by atoms with Gasteiger partial charge in [0, 0.05) is 18.0 Å². The van der Waals surface area contributed by atoms with Crippen LogP contribution in [-0.2, 0) is 9.53 Å². The lowest BCUT2D eigenvalue weighted by Gasteiger charge is -2.41. The Bertz CT molecular complexity index is 490. The number of likely N-dealkylation sites (N-methyl/N-ethyl adjacent to an activating group) is 1. The minimum absolute atomic E-state index is 0.0707. The summed E-state index contributed by atoms with van der Waals surface area (Å²) in [7, 11) is 3.45. The molecule has 108 valence electrons. The molecule has 2 bridgehead atoms. The average molecular weight is 275 g/mol. The summed E-state index contributed by atoms with van der Waals surface area (Å²) in [6.07, 6.45) is 1.12. The Morgan fingerprint density at radius 2 is 1.95 bits per heavy atom. The van der Waals surface area contributed by atoms with Crippen molar-refractivity contribution in [3.8, 4) is 0 Å². The lowest BCUT2D eigenvalue weighted by atomic mass is 9.76. The second-order valence-corrected chi connectivity index (χ2v) is 5.91. The molecule has 0 amide bonds. The number of rotatable bonds is 2. The second kappa shape index (κ2) is 5.19. The number of methoxy groups -OCH3 is 1. The molecular weight excluding hydrogens is 254 g/mol. The summed E-state index contributed by atoms with van der Waals surface area (Å²) in [5.74, 6) is -0.226. The van der Waals surface area contributed by atoms with E-state index >= 15 is 0 Å². The fourth-order valence-electron chi connectivity index (χ4n) is 3.99. The van der Waals surface area contributed by atoms with Crippen molar-refractivity contribution < 1.29 is 14.6 Å². The summed E-state index contributed by atoms with van der Waals surface area (Å²) in [5.41, 5.74) is 1.17. The predicted octanol–water partition coefficient (Wildman–Crippen LogP) is 1.40. The van der Waals surface area contributed by atoms with Gasteiger partial charge in [0.2, 0.25) is 0 Å². The Hall–Kier alpha value is -1.39. The summed E-state index contributed by atoms with van der Waals surface area (Å²) in [6.45, 7) is 0. The molecule has 0 spiro atoms. The molecule has 0 aliphatic carbocycles. The summed E-state index contributed by atoms with van der Waals surface area (Å²) in [4.78, 5) is 14.4. The third-order valence-corrected chi connectivity index (χ3v) is 5.02. The highest BCUT2D eigenvalue weighted by Gasteiger charge is 2.53. The molecule has 4 heteroatoms. The normalized spacial score (nSPS) is 36.9. The van der Waals surface area contributed by atoms with Gasteiger partial charge in [0.15, 0.2) is 0 Å². The van der Waals surface area contributed by atoms with Gasteiger partial charge in [-0.15, -0.1) is 0 Å². The smallest absolute Gasteiger partial charge is 0.310 e. The van der Waals surface area contributed by atoms with Gasteiger partial charge in [0.05, 0.1) is 19.1 Å². The number of ether oxygens (including phenoxy) is 1. The van der Waals surface area contributed by atoms with Crippen LogP contribution in [-0.4, -0.2) is 48.3 Å². The Morgan fingerprint density at radius 1 is 1.25 bits per heavy atom. The van der Waals surface area contributed by atoms with E-state index in [4.69, 9.17) is 4.74 Å². The molecule has 2 aliphatic heterocycles. The van der Waals surface area contributed by atoms with Gasteiger partial charge >= 0.3 is 5.97 Å².